The lowest BCUT2D eigenvalue weighted by Gasteiger charge is -2.01. The highest BCUT2D eigenvalue weighted by molar-refractivity contribution is 9.10. The summed E-state index contributed by atoms with van der Waals surface area (Å²) < 4.78 is 0.995. The van der Waals surface area contributed by atoms with Crippen LogP contribution in [0.3, 0.4) is 0 Å². The molecule has 2 rings (SSSR count). The molecule has 17 heavy (non-hydrogen) atoms. The molecule has 0 saturated carbocycles. The van der Waals surface area contributed by atoms with E-state index in [9.17, 15) is 4.79 Å². The van der Waals surface area contributed by atoms with Gasteiger partial charge in [0.25, 0.3) is 0 Å². The lowest BCUT2D eigenvalue weighted by molar-refractivity contribution is 0.0994. The molecule has 1 heterocycles. The molecule has 88 valence electrons. The summed E-state index contributed by atoms with van der Waals surface area (Å²) in [5, 5.41) is 2.91. The summed E-state index contributed by atoms with van der Waals surface area (Å²) in [6.07, 6.45) is 0.368. The second-order valence-electron chi connectivity index (χ2n) is 3.49. The number of hydrogen-bond acceptors (Lipinski definition) is 2. The van der Waals surface area contributed by atoms with E-state index in [-0.39, 0.29) is 5.78 Å². The normalized spacial score (nSPS) is 10.5. The summed E-state index contributed by atoms with van der Waals surface area (Å²) in [5.74, 6) is 0.0174. The largest absolute Gasteiger partial charge is 0.294 e. The Morgan fingerprint density at radius 1 is 1.18 bits per heavy atom. The quantitative estimate of drug-likeness (QED) is 0.692. The average Bonchev–Trinajstić information content (AvgIpc) is 2.62. The zero-order valence-corrected chi connectivity index (χ0v) is 12.5. The summed E-state index contributed by atoms with van der Waals surface area (Å²) in [7, 11) is 0. The number of thiophene rings is 1. The van der Waals surface area contributed by atoms with Crippen molar-refractivity contribution in [1.82, 2.24) is 0 Å². The van der Waals surface area contributed by atoms with Gasteiger partial charge in [0.15, 0.2) is 5.78 Å². The van der Waals surface area contributed by atoms with Crippen LogP contribution in [0.4, 0.5) is 0 Å². The van der Waals surface area contributed by atoms with Gasteiger partial charge in [-0.3, -0.25) is 4.79 Å². The summed E-state index contributed by atoms with van der Waals surface area (Å²) in [6.45, 7) is 0. The third-order valence-electron chi connectivity index (χ3n) is 2.14. The minimum Gasteiger partial charge on any atom is -0.294 e. The van der Waals surface area contributed by atoms with Crippen LogP contribution in [0.15, 0.2) is 34.1 Å². The van der Waals surface area contributed by atoms with E-state index in [1.165, 1.54) is 0 Å². The van der Waals surface area contributed by atoms with E-state index in [0.29, 0.717) is 22.0 Å². The van der Waals surface area contributed by atoms with Crippen LogP contribution in [-0.4, -0.2) is 5.78 Å². The topological polar surface area (TPSA) is 17.1 Å². The number of rotatable bonds is 3. The van der Waals surface area contributed by atoms with E-state index in [4.69, 9.17) is 23.2 Å². The van der Waals surface area contributed by atoms with Crippen LogP contribution in [0.1, 0.15) is 15.2 Å². The highest BCUT2D eigenvalue weighted by atomic mass is 79.9. The Labute approximate surface area is 121 Å². The molecule has 5 heteroatoms. The van der Waals surface area contributed by atoms with Crippen molar-refractivity contribution in [3.8, 4) is 0 Å². The molecule has 0 aliphatic rings. The predicted molar refractivity (Wildman–Crippen MR) is 76.5 cm³/mol. The lowest BCUT2D eigenvalue weighted by atomic mass is 10.1. The van der Waals surface area contributed by atoms with Crippen molar-refractivity contribution >= 4 is 56.3 Å². The fourth-order valence-corrected chi connectivity index (χ4v) is 3.40. The first kappa shape index (κ1) is 13.1. The van der Waals surface area contributed by atoms with Crippen molar-refractivity contribution in [2.75, 3.05) is 0 Å². The predicted octanol–water partition coefficient (Wildman–Crippen LogP) is 5.24. The standard InChI is InChI=1S/C12H7BrCl2OS/c13-8-3-11(17-6-8)5-12(16)7-1-9(14)4-10(15)2-7/h1-4,6H,5H2. The maximum atomic E-state index is 12.0. The smallest absolute Gasteiger partial charge is 0.168 e. The molecular formula is C12H7BrCl2OS. The van der Waals surface area contributed by atoms with Crippen molar-refractivity contribution in [3.63, 3.8) is 0 Å². The van der Waals surface area contributed by atoms with Gasteiger partial charge in [-0.1, -0.05) is 23.2 Å². The molecule has 0 aliphatic heterocycles. The van der Waals surface area contributed by atoms with Crippen molar-refractivity contribution in [2.24, 2.45) is 0 Å². The molecule has 0 N–H and O–H groups in total. The first-order valence-corrected chi connectivity index (χ1v) is 7.19. The van der Waals surface area contributed by atoms with Crippen LogP contribution in [0.5, 0.6) is 0 Å². The van der Waals surface area contributed by atoms with Gasteiger partial charge >= 0.3 is 0 Å². The van der Waals surface area contributed by atoms with Gasteiger partial charge in [0, 0.05) is 36.8 Å². The summed E-state index contributed by atoms with van der Waals surface area (Å²) in [6, 6.07) is 6.83. The molecule has 0 fully saturated rings. The van der Waals surface area contributed by atoms with Crippen molar-refractivity contribution in [2.45, 2.75) is 6.42 Å². The molecule has 0 spiro atoms. The fourth-order valence-electron chi connectivity index (χ4n) is 1.42. The molecule has 1 aromatic carbocycles. The third-order valence-corrected chi connectivity index (χ3v) is 4.28. The molecule has 0 radical (unpaired) electrons. The zero-order valence-electron chi connectivity index (χ0n) is 8.54. The molecule has 0 bridgehead atoms. The summed E-state index contributed by atoms with van der Waals surface area (Å²) in [5.41, 5.74) is 0.548. The van der Waals surface area contributed by atoms with Gasteiger partial charge in [-0.05, 0) is 40.2 Å². The average molecular weight is 350 g/mol. The van der Waals surface area contributed by atoms with E-state index >= 15 is 0 Å². The van der Waals surface area contributed by atoms with Gasteiger partial charge < -0.3 is 0 Å². The van der Waals surface area contributed by atoms with Gasteiger partial charge in [-0.25, -0.2) is 0 Å². The Kier molecular flexibility index (Phi) is 4.26. The Morgan fingerprint density at radius 3 is 2.35 bits per heavy atom. The number of benzene rings is 1. The molecule has 0 aliphatic carbocycles. The van der Waals surface area contributed by atoms with Crippen molar-refractivity contribution < 1.29 is 4.79 Å². The monoisotopic (exact) mass is 348 g/mol. The number of ketones is 1. The van der Waals surface area contributed by atoms with Crippen LogP contribution >= 0.6 is 50.5 Å². The van der Waals surface area contributed by atoms with Gasteiger partial charge in [-0.15, -0.1) is 11.3 Å². The number of Topliss-reactive ketones (excluding diaryl/α,β-unsaturated/α-hetero) is 1. The molecule has 2 aromatic rings. The number of hydrogen-bond donors (Lipinski definition) is 0. The Morgan fingerprint density at radius 2 is 1.82 bits per heavy atom. The maximum absolute atomic E-state index is 12.0. The Bertz CT molecular complexity index is 545. The first-order chi connectivity index (χ1) is 8.04. The van der Waals surface area contributed by atoms with E-state index in [1.54, 1.807) is 29.5 Å². The number of carbonyl (C=O) groups excluding carboxylic acids is 1. The lowest BCUT2D eigenvalue weighted by Crippen LogP contribution is -2.02. The molecule has 1 aromatic heterocycles. The van der Waals surface area contributed by atoms with Gasteiger partial charge in [0.2, 0.25) is 0 Å². The molecular weight excluding hydrogens is 343 g/mol. The first-order valence-electron chi connectivity index (χ1n) is 4.77. The van der Waals surface area contributed by atoms with Crippen LogP contribution in [-0.2, 0) is 6.42 Å². The second kappa shape index (κ2) is 5.53. The van der Waals surface area contributed by atoms with E-state index in [2.05, 4.69) is 15.9 Å². The minimum atomic E-state index is 0.0174. The Hall–Kier alpha value is -0.350. The highest BCUT2D eigenvalue weighted by Crippen LogP contribution is 2.23. The zero-order chi connectivity index (χ0) is 12.4. The fraction of sp³-hybridized carbons (Fsp3) is 0.0833. The van der Waals surface area contributed by atoms with Gasteiger partial charge in [-0.2, -0.15) is 0 Å². The maximum Gasteiger partial charge on any atom is 0.168 e. The van der Waals surface area contributed by atoms with Gasteiger partial charge in [0.1, 0.15) is 0 Å². The summed E-state index contributed by atoms with van der Waals surface area (Å²) >= 11 is 16.6. The van der Waals surface area contributed by atoms with Crippen LogP contribution in [0.25, 0.3) is 0 Å². The molecule has 0 unspecified atom stereocenters. The molecule has 0 atom stereocenters. The minimum absolute atomic E-state index is 0.0174. The number of halogens is 3. The van der Waals surface area contributed by atoms with Crippen LogP contribution in [0.2, 0.25) is 10.0 Å². The Balaban J connectivity index is 2.19. The van der Waals surface area contributed by atoms with E-state index in [0.717, 1.165) is 9.35 Å². The van der Waals surface area contributed by atoms with Crippen LogP contribution in [0, 0.1) is 0 Å². The molecule has 1 nitrogen and oxygen atoms in total. The molecule has 0 saturated heterocycles. The third kappa shape index (κ3) is 3.55. The highest BCUT2D eigenvalue weighted by Gasteiger charge is 2.10. The number of carbonyl (C=O) groups is 1. The van der Waals surface area contributed by atoms with Crippen molar-refractivity contribution in [1.29, 1.82) is 0 Å². The van der Waals surface area contributed by atoms with Crippen molar-refractivity contribution in [3.05, 3.63) is 54.6 Å². The van der Waals surface area contributed by atoms with E-state index in [1.807, 2.05) is 11.4 Å². The second-order valence-corrected chi connectivity index (χ2v) is 6.27. The summed E-state index contributed by atoms with van der Waals surface area (Å²) in [4.78, 5) is 13.0. The molecule has 0 amide bonds. The SMILES string of the molecule is O=C(Cc1cc(Br)cs1)c1cc(Cl)cc(Cl)c1. The van der Waals surface area contributed by atoms with Crippen LogP contribution < -0.4 is 0 Å². The van der Waals surface area contributed by atoms with E-state index < -0.39 is 0 Å². The van der Waals surface area contributed by atoms with Gasteiger partial charge in [0.05, 0.1) is 0 Å².